The van der Waals surface area contributed by atoms with Crippen LogP contribution in [0.3, 0.4) is 0 Å². The molecule has 1 saturated heterocycles. The van der Waals surface area contributed by atoms with Crippen molar-refractivity contribution in [1.82, 2.24) is 0 Å². The molecule has 0 bridgehead atoms. The Morgan fingerprint density at radius 3 is 2.46 bits per heavy atom. The first kappa shape index (κ1) is 17.5. The number of esters is 1. The number of carbonyl (C=O) groups is 1. The highest BCUT2D eigenvalue weighted by Gasteiger charge is 2.41. The van der Waals surface area contributed by atoms with Crippen molar-refractivity contribution in [3.05, 3.63) is 35.9 Å². The van der Waals surface area contributed by atoms with E-state index in [1.807, 2.05) is 6.92 Å². The van der Waals surface area contributed by atoms with Crippen LogP contribution >= 0.6 is 0 Å². The quantitative estimate of drug-likeness (QED) is 0.679. The lowest BCUT2D eigenvalue weighted by molar-refractivity contribution is -0.163. The molecule has 3 nitrogen and oxygen atoms in total. The van der Waals surface area contributed by atoms with Gasteiger partial charge in [-0.3, -0.25) is 4.79 Å². The van der Waals surface area contributed by atoms with E-state index >= 15 is 0 Å². The number of hydrogen-bond acceptors (Lipinski definition) is 3. The van der Waals surface area contributed by atoms with Crippen LogP contribution in [0.1, 0.15) is 63.4 Å². The summed E-state index contributed by atoms with van der Waals surface area (Å²) in [5, 5.41) is 0. The normalized spacial score (nSPS) is 25.7. The smallest absolute Gasteiger partial charge is 0.306 e. The van der Waals surface area contributed by atoms with Crippen molar-refractivity contribution in [2.45, 2.75) is 57.8 Å². The fourth-order valence-corrected chi connectivity index (χ4v) is 4.26. The van der Waals surface area contributed by atoms with Crippen LogP contribution in [0.15, 0.2) is 30.3 Å². The first-order chi connectivity index (χ1) is 11.7. The van der Waals surface area contributed by atoms with Gasteiger partial charge in [0.25, 0.3) is 0 Å². The van der Waals surface area contributed by atoms with Crippen LogP contribution in [-0.4, -0.2) is 25.8 Å². The molecule has 2 aliphatic rings. The molecule has 1 aromatic carbocycles. The Bertz CT molecular complexity index is 513. The summed E-state index contributed by atoms with van der Waals surface area (Å²) < 4.78 is 10.6. The third-order valence-electron chi connectivity index (χ3n) is 5.84. The van der Waals surface area contributed by atoms with Gasteiger partial charge in [0, 0.05) is 5.41 Å². The van der Waals surface area contributed by atoms with E-state index in [2.05, 4.69) is 30.3 Å². The zero-order valence-corrected chi connectivity index (χ0v) is 14.8. The second-order valence-corrected chi connectivity index (χ2v) is 7.64. The van der Waals surface area contributed by atoms with Crippen LogP contribution in [-0.2, 0) is 14.3 Å². The lowest BCUT2D eigenvalue weighted by atomic mass is 9.72. The van der Waals surface area contributed by atoms with Gasteiger partial charge in [0.1, 0.15) is 0 Å². The lowest BCUT2D eigenvalue weighted by Gasteiger charge is -2.42. The van der Waals surface area contributed by atoms with Gasteiger partial charge in [0.05, 0.1) is 26.2 Å². The van der Waals surface area contributed by atoms with Gasteiger partial charge in [-0.15, -0.1) is 0 Å². The average molecular weight is 330 g/mol. The van der Waals surface area contributed by atoms with Crippen LogP contribution in [0.2, 0.25) is 0 Å². The Morgan fingerprint density at radius 1 is 1.17 bits per heavy atom. The van der Waals surface area contributed by atoms with Gasteiger partial charge in [-0.1, -0.05) is 30.3 Å². The molecule has 0 unspecified atom stereocenters. The van der Waals surface area contributed by atoms with Crippen LogP contribution in [0.4, 0.5) is 0 Å². The van der Waals surface area contributed by atoms with Crippen LogP contribution in [0.5, 0.6) is 0 Å². The SMILES string of the molecule is CCOC(=O)CC1(CCC2CCC(c3ccccc3)CC2)COC1. The maximum Gasteiger partial charge on any atom is 0.306 e. The average Bonchev–Trinajstić information content (AvgIpc) is 2.59. The summed E-state index contributed by atoms with van der Waals surface area (Å²) >= 11 is 0. The van der Waals surface area contributed by atoms with Crippen molar-refractivity contribution in [2.24, 2.45) is 11.3 Å². The van der Waals surface area contributed by atoms with Gasteiger partial charge in [-0.25, -0.2) is 0 Å². The molecule has 1 aliphatic heterocycles. The van der Waals surface area contributed by atoms with E-state index in [0.29, 0.717) is 13.0 Å². The third kappa shape index (κ3) is 4.38. The Balaban J connectivity index is 1.43. The Hall–Kier alpha value is -1.35. The fraction of sp³-hybridized carbons (Fsp3) is 0.667. The maximum atomic E-state index is 11.8. The van der Waals surface area contributed by atoms with Crippen molar-refractivity contribution in [3.63, 3.8) is 0 Å². The molecule has 3 rings (SSSR count). The largest absolute Gasteiger partial charge is 0.466 e. The minimum absolute atomic E-state index is 0.0581. The van der Waals surface area contributed by atoms with Crippen molar-refractivity contribution in [1.29, 1.82) is 0 Å². The summed E-state index contributed by atoms with van der Waals surface area (Å²) in [6.45, 7) is 3.79. The fourth-order valence-electron chi connectivity index (χ4n) is 4.26. The molecule has 1 aromatic rings. The van der Waals surface area contributed by atoms with Gasteiger partial charge >= 0.3 is 5.97 Å². The molecule has 2 fully saturated rings. The van der Waals surface area contributed by atoms with Crippen molar-refractivity contribution in [3.8, 4) is 0 Å². The van der Waals surface area contributed by atoms with E-state index in [-0.39, 0.29) is 11.4 Å². The lowest BCUT2D eigenvalue weighted by Crippen LogP contribution is -2.44. The van der Waals surface area contributed by atoms with Crippen LogP contribution in [0.25, 0.3) is 0 Å². The van der Waals surface area contributed by atoms with Crippen molar-refractivity contribution < 1.29 is 14.3 Å². The van der Waals surface area contributed by atoms with E-state index in [9.17, 15) is 4.79 Å². The molecule has 3 heteroatoms. The third-order valence-corrected chi connectivity index (χ3v) is 5.84. The highest BCUT2D eigenvalue weighted by atomic mass is 16.5. The number of carbonyl (C=O) groups excluding carboxylic acids is 1. The maximum absolute atomic E-state index is 11.8. The number of benzene rings is 1. The molecule has 0 amide bonds. The molecular formula is C21H30O3. The Labute approximate surface area is 145 Å². The number of ether oxygens (including phenoxy) is 2. The first-order valence-electron chi connectivity index (χ1n) is 9.49. The monoisotopic (exact) mass is 330 g/mol. The molecule has 1 saturated carbocycles. The van der Waals surface area contributed by atoms with Crippen molar-refractivity contribution >= 4 is 5.97 Å². The molecule has 1 heterocycles. The van der Waals surface area contributed by atoms with Gasteiger partial charge in [-0.2, -0.15) is 0 Å². The summed E-state index contributed by atoms with van der Waals surface area (Å²) in [7, 11) is 0. The molecular weight excluding hydrogens is 300 g/mol. The van der Waals surface area contributed by atoms with E-state index < -0.39 is 0 Å². The van der Waals surface area contributed by atoms with Gasteiger partial charge in [-0.05, 0) is 62.8 Å². The Kier molecular flexibility index (Phi) is 5.94. The number of rotatable bonds is 7. The zero-order valence-electron chi connectivity index (χ0n) is 14.8. The summed E-state index contributed by atoms with van der Waals surface area (Å²) in [6, 6.07) is 10.9. The summed E-state index contributed by atoms with van der Waals surface area (Å²) in [5.74, 6) is 1.49. The Morgan fingerprint density at radius 2 is 1.88 bits per heavy atom. The molecule has 0 atom stereocenters. The van der Waals surface area contributed by atoms with Crippen LogP contribution in [0, 0.1) is 11.3 Å². The van der Waals surface area contributed by atoms with Gasteiger partial charge in [0.15, 0.2) is 0 Å². The summed E-state index contributed by atoms with van der Waals surface area (Å²) in [6.07, 6.45) is 8.09. The molecule has 0 aromatic heterocycles. The molecule has 0 spiro atoms. The second-order valence-electron chi connectivity index (χ2n) is 7.64. The second kappa shape index (κ2) is 8.15. The molecule has 1 aliphatic carbocycles. The standard InChI is InChI=1S/C21H30O3/c1-2-24-20(22)14-21(15-23-16-21)13-12-17-8-10-19(11-9-17)18-6-4-3-5-7-18/h3-7,17,19H,2,8-16H2,1H3. The molecule has 0 N–H and O–H groups in total. The number of hydrogen-bond donors (Lipinski definition) is 0. The molecule has 132 valence electrons. The predicted octanol–water partition coefficient (Wildman–Crippen LogP) is 4.71. The topological polar surface area (TPSA) is 35.5 Å². The minimum atomic E-state index is -0.0615. The summed E-state index contributed by atoms with van der Waals surface area (Å²) in [5.41, 5.74) is 1.56. The van der Waals surface area contributed by atoms with E-state index in [1.54, 1.807) is 0 Å². The predicted molar refractivity (Wildman–Crippen MR) is 94.9 cm³/mol. The minimum Gasteiger partial charge on any atom is -0.466 e. The highest BCUT2D eigenvalue weighted by Crippen LogP contribution is 2.42. The first-order valence-corrected chi connectivity index (χ1v) is 9.49. The molecule has 0 radical (unpaired) electrons. The van der Waals surface area contributed by atoms with Crippen molar-refractivity contribution in [2.75, 3.05) is 19.8 Å². The van der Waals surface area contributed by atoms with E-state index in [0.717, 1.165) is 31.5 Å². The summed E-state index contributed by atoms with van der Waals surface area (Å²) in [4.78, 5) is 11.8. The van der Waals surface area contributed by atoms with Gasteiger partial charge in [0.2, 0.25) is 0 Å². The van der Waals surface area contributed by atoms with Crippen LogP contribution < -0.4 is 0 Å². The molecule has 24 heavy (non-hydrogen) atoms. The van der Waals surface area contributed by atoms with E-state index in [1.165, 1.54) is 37.7 Å². The van der Waals surface area contributed by atoms with E-state index in [4.69, 9.17) is 9.47 Å². The van der Waals surface area contributed by atoms with Gasteiger partial charge < -0.3 is 9.47 Å². The highest BCUT2D eigenvalue weighted by molar-refractivity contribution is 5.70. The zero-order chi connectivity index (χ0) is 16.8.